The van der Waals surface area contributed by atoms with E-state index in [9.17, 15) is 15.2 Å². The molecular weight excluding hydrogens is 298 g/mol. The van der Waals surface area contributed by atoms with Gasteiger partial charge in [0.15, 0.2) is 0 Å². The number of benzene rings is 1. The summed E-state index contributed by atoms with van der Waals surface area (Å²) in [5.41, 5.74) is 5.75. The summed E-state index contributed by atoms with van der Waals surface area (Å²) in [4.78, 5) is 17.4. The van der Waals surface area contributed by atoms with Crippen molar-refractivity contribution in [2.24, 2.45) is 0 Å². The monoisotopic (exact) mass is 309 g/mol. The summed E-state index contributed by atoms with van der Waals surface area (Å²) in [5, 5.41) is 23.9. The van der Waals surface area contributed by atoms with Crippen LogP contribution in [0.1, 0.15) is 11.7 Å². The van der Waals surface area contributed by atoms with Gasteiger partial charge in [-0.25, -0.2) is 4.98 Å². The number of nitro groups is 1. The lowest BCUT2D eigenvalue weighted by Crippen LogP contribution is -2.14. The van der Waals surface area contributed by atoms with Gasteiger partial charge in [-0.05, 0) is 17.7 Å². The number of anilines is 2. The molecule has 0 fully saturated rings. The van der Waals surface area contributed by atoms with Crippen LogP contribution in [0.25, 0.3) is 0 Å². The molecule has 0 bridgehead atoms. The van der Waals surface area contributed by atoms with Crippen molar-refractivity contribution in [2.75, 3.05) is 17.6 Å². The van der Waals surface area contributed by atoms with Gasteiger partial charge >= 0.3 is 5.69 Å². The maximum absolute atomic E-state index is 10.6. The Labute approximate surface area is 124 Å². The fraction of sp³-hybridized carbons (Fsp3) is 0.167. The van der Waals surface area contributed by atoms with Gasteiger partial charge in [0, 0.05) is 11.6 Å². The topological polar surface area (TPSA) is 127 Å². The fourth-order valence-electron chi connectivity index (χ4n) is 1.61. The smallest absolute Gasteiger partial charge is 0.329 e. The molecule has 0 aliphatic rings. The molecule has 2 aromatic rings. The Morgan fingerprint density at radius 2 is 2.10 bits per heavy atom. The van der Waals surface area contributed by atoms with Gasteiger partial charge < -0.3 is 16.2 Å². The summed E-state index contributed by atoms with van der Waals surface area (Å²) in [7, 11) is 0. The highest BCUT2D eigenvalue weighted by Gasteiger charge is 2.15. The van der Waals surface area contributed by atoms with Crippen molar-refractivity contribution >= 4 is 29.1 Å². The van der Waals surface area contributed by atoms with E-state index < -0.39 is 11.0 Å². The third kappa shape index (κ3) is 3.77. The average Bonchev–Trinajstić information content (AvgIpc) is 2.45. The van der Waals surface area contributed by atoms with Gasteiger partial charge in [0.05, 0.1) is 11.0 Å². The van der Waals surface area contributed by atoms with Crippen molar-refractivity contribution in [3.05, 3.63) is 51.2 Å². The molecule has 0 spiro atoms. The van der Waals surface area contributed by atoms with Crippen molar-refractivity contribution in [1.29, 1.82) is 0 Å². The van der Waals surface area contributed by atoms with Gasteiger partial charge in [0.1, 0.15) is 6.20 Å². The van der Waals surface area contributed by atoms with Crippen molar-refractivity contribution in [1.82, 2.24) is 9.97 Å². The van der Waals surface area contributed by atoms with Crippen molar-refractivity contribution < 1.29 is 10.0 Å². The van der Waals surface area contributed by atoms with Gasteiger partial charge in [0.2, 0.25) is 11.8 Å². The van der Waals surface area contributed by atoms with Crippen molar-refractivity contribution in [3.8, 4) is 0 Å². The molecule has 2 rings (SSSR count). The Bertz CT molecular complexity index is 650. The molecule has 1 heterocycles. The second-order valence-corrected chi connectivity index (χ2v) is 4.61. The van der Waals surface area contributed by atoms with Crippen LogP contribution in [-0.4, -0.2) is 26.5 Å². The van der Waals surface area contributed by atoms with Crippen LogP contribution in [0.5, 0.6) is 0 Å². The molecule has 0 radical (unpaired) electrons. The van der Waals surface area contributed by atoms with E-state index in [-0.39, 0.29) is 24.0 Å². The van der Waals surface area contributed by atoms with Gasteiger partial charge in [-0.1, -0.05) is 23.7 Å². The minimum atomic E-state index is -0.803. The zero-order valence-electron chi connectivity index (χ0n) is 10.7. The quantitative estimate of drug-likeness (QED) is 0.567. The molecule has 0 saturated carbocycles. The molecular formula is C12H12ClN5O3. The third-order valence-corrected chi connectivity index (χ3v) is 2.95. The van der Waals surface area contributed by atoms with Crippen LogP contribution >= 0.6 is 11.6 Å². The first-order chi connectivity index (χ1) is 9.97. The second-order valence-electron chi connectivity index (χ2n) is 4.17. The number of nitrogen functional groups attached to an aromatic ring is 1. The molecule has 0 aliphatic heterocycles. The number of halogens is 1. The summed E-state index contributed by atoms with van der Waals surface area (Å²) in [5.74, 6) is -0.135. The Morgan fingerprint density at radius 3 is 2.67 bits per heavy atom. The number of hydrogen-bond donors (Lipinski definition) is 3. The van der Waals surface area contributed by atoms with E-state index in [1.807, 2.05) is 0 Å². The first-order valence-corrected chi connectivity index (χ1v) is 6.29. The van der Waals surface area contributed by atoms with Crippen LogP contribution in [0.3, 0.4) is 0 Å². The molecule has 1 atom stereocenters. The predicted molar refractivity (Wildman–Crippen MR) is 78.0 cm³/mol. The molecule has 0 amide bonds. The van der Waals surface area contributed by atoms with Crippen molar-refractivity contribution in [2.45, 2.75) is 6.10 Å². The zero-order valence-corrected chi connectivity index (χ0v) is 11.5. The highest BCUT2D eigenvalue weighted by molar-refractivity contribution is 6.30. The van der Waals surface area contributed by atoms with E-state index >= 15 is 0 Å². The number of nitrogens with zero attached hydrogens (tertiary/aromatic N) is 3. The normalized spacial score (nSPS) is 11.9. The van der Waals surface area contributed by atoms with Crippen LogP contribution < -0.4 is 11.1 Å². The number of hydrogen-bond acceptors (Lipinski definition) is 7. The average molecular weight is 310 g/mol. The summed E-state index contributed by atoms with van der Waals surface area (Å²) in [6.45, 7) is 0.124. The van der Waals surface area contributed by atoms with Crippen LogP contribution in [-0.2, 0) is 0 Å². The lowest BCUT2D eigenvalue weighted by Gasteiger charge is -2.12. The van der Waals surface area contributed by atoms with Gasteiger partial charge in [-0.3, -0.25) is 10.1 Å². The molecule has 0 saturated heterocycles. The molecule has 21 heavy (non-hydrogen) atoms. The molecule has 110 valence electrons. The summed E-state index contributed by atoms with van der Waals surface area (Å²) < 4.78 is 0. The number of aromatic nitrogens is 2. The van der Waals surface area contributed by atoms with Crippen LogP contribution in [0, 0.1) is 10.1 Å². The number of nitrogens with two attached hydrogens (primary N) is 1. The van der Waals surface area contributed by atoms with Gasteiger partial charge in [-0.2, -0.15) is 4.98 Å². The molecule has 4 N–H and O–H groups in total. The number of aliphatic hydroxyl groups excluding tert-OH is 1. The van der Waals surface area contributed by atoms with E-state index in [0.717, 1.165) is 6.20 Å². The lowest BCUT2D eigenvalue weighted by atomic mass is 10.1. The number of aliphatic hydroxyl groups is 1. The van der Waals surface area contributed by atoms with E-state index in [1.54, 1.807) is 24.3 Å². The summed E-state index contributed by atoms with van der Waals surface area (Å²) >= 11 is 5.76. The van der Waals surface area contributed by atoms with Crippen LogP contribution in [0.2, 0.25) is 5.02 Å². The highest BCUT2D eigenvalue weighted by Crippen LogP contribution is 2.20. The van der Waals surface area contributed by atoms with Crippen LogP contribution in [0.4, 0.5) is 17.5 Å². The van der Waals surface area contributed by atoms with E-state index in [4.69, 9.17) is 17.3 Å². The molecule has 8 nitrogen and oxygen atoms in total. The number of rotatable bonds is 5. The Morgan fingerprint density at radius 1 is 1.43 bits per heavy atom. The maximum atomic E-state index is 10.6. The Balaban J connectivity index is 2.01. The van der Waals surface area contributed by atoms with Gasteiger partial charge in [0.25, 0.3) is 0 Å². The minimum Gasteiger partial charge on any atom is -0.387 e. The largest absolute Gasteiger partial charge is 0.387 e. The molecule has 0 aliphatic carbocycles. The standard InChI is InChI=1S/C12H12ClN5O3/c13-8-3-1-7(2-4-8)10(19)6-16-12-15-5-9(18(20)21)11(14)17-12/h1-5,10,19H,6H2,(H3,14,15,16,17). The van der Waals surface area contributed by atoms with Gasteiger partial charge in [-0.15, -0.1) is 0 Å². The first kappa shape index (κ1) is 14.9. The zero-order chi connectivity index (χ0) is 15.4. The lowest BCUT2D eigenvalue weighted by molar-refractivity contribution is -0.384. The van der Waals surface area contributed by atoms with E-state index in [0.29, 0.717) is 10.6 Å². The molecule has 1 aromatic carbocycles. The summed E-state index contributed by atoms with van der Waals surface area (Å²) in [6.07, 6.45) is 0.210. The molecule has 9 heteroatoms. The highest BCUT2D eigenvalue weighted by atomic mass is 35.5. The van der Waals surface area contributed by atoms with Crippen LogP contribution in [0.15, 0.2) is 30.5 Å². The molecule has 1 aromatic heterocycles. The Hall–Kier alpha value is -2.45. The molecule has 1 unspecified atom stereocenters. The van der Waals surface area contributed by atoms with E-state index in [2.05, 4.69) is 15.3 Å². The minimum absolute atomic E-state index is 0.103. The third-order valence-electron chi connectivity index (χ3n) is 2.70. The first-order valence-electron chi connectivity index (χ1n) is 5.91. The Kier molecular flexibility index (Phi) is 4.51. The SMILES string of the molecule is Nc1nc(NCC(O)c2ccc(Cl)cc2)ncc1[N+](=O)[O-]. The van der Waals surface area contributed by atoms with E-state index in [1.165, 1.54) is 0 Å². The maximum Gasteiger partial charge on any atom is 0.329 e. The second kappa shape index (κ2) is 6.33. The number of nitrogens with one attached hydrogen (secondary N) is 1. The van der Waals surface area contributed by atoms with Crippen molar-refractivity contribution in [3.63, 3.8) is 0 Å². The fourth-order valence-corrected chi connectivity index (χ4v) is 1.73. The summed E-state index contributed by atoms with van der Waals surface area (Å²) in [6, 6.07) is 6.72. The predicted octanol–water partition coefficient (Wildman–Crippen LogP) is 1.77.